The number of hydrogen-bond acceptors (Lipinski definition) is 8. The van der Waals surface area contributed by atoms with E-state index in [4.69, 9.17) is 4.74 Å². The Morgan fingerprint density at radius 3 is 2.51 bits per heavy atom. The summed E-state index contributed by atoms with van der Waals surface area (Å²) in [5, 5.41) is 19.7. The fraction of sp³-hybridized carbons (Fsp3) is 0.111. The van der Waals surface area contributed by atoms with Gasteiger partial charge in [0.1, 0.15) is 18.4 Å². The number of aryl methyl sites for hydroxylation is 1. The summed E-state index contributed by atoms with van der Waals surface area (Å²) in [5.41, 5.74) is 3.23. The first kappa shape index (κ1) is 25.5. The first-order chi connectivity index (χ1) is 17.9. The minimum Gasteiger partial charge on any atom is -0.475 e. The van der Waals surface area contributed by atoms with Crippen LogP contribution < -0.4 is 9.46 Å². The van der Waals surface area contributed by atoms with Crippen LogP contribution in [-0.2, 0) is 10.0 Å². The normalized spacial score (nSPS) is 11.3. The fourth-order valence-electron chi connectivity index (χ4n) is 3.40. The van der Waals surface area contributed by atoms with Crippen LogP contribution >= 0.6 is 0 Å². The number of nitriles is 1. The number of aliphatic hydroxyl groups excluding tert-OH is 1. The first-order valence-electron chi connectivity index (χ1n) is 11.2. The van der Waals surface area contributed by atoms with Crippen molar-refractivity contribution in [3.8, 4) is 34.5 Å². The molecule has 4 rings (SSSR count). The molecular weight excluding hydrogens is 490 g/mol. The number of pyridine rings is 1. The van der Waals surface area contributed by atoms with Gasteiger partial charge in [-0.15, -0.1) is 0 Å². The lowest BCUT2D eigenvalue weighted by atomic mass is 10.1. The van der Waals surface area contributed by atoms with Gasteiger partial charge in [-0.25, -0.2) is 18.4 Å². The Labute approximate surface area is 214 Å². The van der Waals surface area contributed by atoms with E-state index in [1.165, 1.54) is 18.3 Å². The highest BCUT2D eigenvalue weighted by Gasteiger charge is 2.22. The molecule has 0 saturated heterocycles. The van der Waals surface area contributed by atoms with E-state index in [-0.39, 0.29) is 36.4 Å². The van der Waals surface area contributed by atoms with E-state index >= 15 is 0 Å². The Bertz CT molecular complexity index is 1570. The van der Waals surface area contributed by atoms with Crippen LogP contribution in [-0.4, -0.2) is 41.7 Å². The van der Waals surface area contributed by atoms with Gasteiger partial charge >= 0.3 is 0 Å². The summed E-state index contributed by atoms with van der Waals surface area (Å²) >= 11 is 0. The molecule has 0 unspecified atom stereocenters. The number of ether oxygens (including phenoxy) is 1. The van der Waals surface area contributed by atoms with Crippen molar-refractivity contribution < 1.29 is 18.3 Å². The van der Waals surface area contributed by atoms with E-state index in [1.54, 1.807) is 42.5 Å². The molecule has 2 aromatic heterocycles. The van der Waals surface area contributed by atoms with Gasteiger partial charge in [0.2, 0.25) is 5.88 Å². The molecule has 0 saturated carbocycles. The number of rotatable bonds is 9. The van der Waals surface area contributed by atoms with Gasteiger partial charge in [-0.1, -0.05) is 60.2 Å². The molecular formula is C27H23N5O4S. The van der Waals surface area contributed by atoms with Crippen molar-refractivity contribution in [3.63, 3.8) is 0 Å². The van der Waals surface area contributed by atoms with E-state index in [1.807, 2.05) is 31.2 Å². The van der Waals surface area contributed by atoms with Crippen molar-refractivity contribution in [1.82, 2.24) is 15.0 Å². The molecule has 0 aliphatic heterocycles. The molecule has 0 fully saturated rings. The predicted molar refractivity (Wildman–Crippen MR) is 141 cm³/mol. The number of aromatic nitrogens is 3. The largest absolute Gasteiger partial charge is 0.475 e. The summed E-state index contributed by atoms with van der Waals surface area (Å²) in [5.74, 6) is 0.172. The van der Waals surface area contributed by atoms with Gasteiger partial charge < -0.3 is 9.84 Å². The smallest absolute Gasteiger partial charge is 0.256 e. The Hall–Kier alpha value is -4.59. The van der Waals surface area contributed by atoms with Crippen molar-refractivity contribution >= 4 is 21.9 Å². The van der Waals surface area contributed by atoms with Crippen molar-refractivity contribution in [2.24, 2.45) is 0 Å². The maximum absolute atomic E-state index is 13.1. The number of nitrogens with one attached hydrogen (secondary N) is 1. The lowest BCUT2D eigenvalue weighted by Crippen LogP contribution is -2.14. The molecule has 0 aliphatic rings. The molecule has 9 nitrogen and oxygen atoms in total. The highest BCUT2D eigenvalue weighted by molar-refractivity contribution is 7.95. The summed E-state index contributed by atoms with van der Waals surface area (Å²) in [7, 11) is -4.01. The molecule has 0 amide bonds. The Kier molecular flexibility index (Phi) is 7.88. The second kappa shape index (κ2) is 11.4. The van der Waals surface area contributed by atoms with Crippen molar-refractivity contribution in [2.75, 3.05) is 17.9 Å². The van der Waals surface area contributed by atoms with Crippen LogP contribution in [0.25, 0.3) is 28.6 Å². The van der Waals surface area contributed by atoms with Gasteiger partial charge in [0.25, 0.3) is 10.0 Å². The Morgan fingerprint density at radius 2 is 1.81 bits per heavy atom. The average molecular weight is 514 g/mol. The number of hydrogen-bond donors (Lipinski definition) is 2. The highest BCUT2D eigenvalue weighted by atomic mass is 32.2. The second-order valence-electron chi connectivity index (χ2n) is 7.92. The van der Waals surface area contributed by atoms with E-state index in [0.29, 0.717) is 22.3 Å². The fourth-order valence-corrected chi connectivity index (χ4v) is 4.22. The molecule has 10 heteroatoms. The average Bonchev–Trinajstić information content (AvgIpc) is 2.91. The molecule has 0 aliphatic carbocycles. The molecule has 2 aromatic carbocycles. The van der Waals surface area contributed by atoms with Gasteiger partial charge in [0.15, 0.2) is 11.6 Å². The molecule has 186 valence electrons. The van der Waals surface area contributed by atoms with Gasteiger partial charge in [-0.3, -0.25) is 4.72 Å². The van der Waals surface area contributed by atoms with Gasteiger partial charge in [-0.05, 0) is 36.3 Å². The van der Waals surface area contributed by atoms with Crippen LogP contribution in [0.1, 0.15) is 16.8 Å². The third-order valence-electron chi connectivity index (χ3n) is 5.16. The van der Waals surface area contributed by atoms with E-state index in [9.17, 15) is 18.8 Å². The predicted octanol–water partition coefficient (Wildman–Crippen LogP) is 4.17. The van der Waals surface area contributed by atoms with Crippen molar-refractivity contribution in [2.45, 2.75) is 6.92 Å². The number of sulfonamides is 1. The van der Waals surface area contributed by atoms with E-state index < -0.39 is 10.0 Å². The van der Waals surface area contributed by atoms with Gasteiger partial charge in [-0.2, -0.15) is 10.2 Å². The summed E-state index contributed by atoms with van der Waals surface area (Å²) in [6.45, 7) is 1.58. The molecule has 0 radical (unpaired) electrons. The highest BCUT2D eigenvalue weighted by Crippen LogP contribution is 2.37. The van der Waals surface area contributed by atoms with Crippen molar-refractivity contribution in [1.29, 1.82) is 5.26 Å². The van der Waals surface area contributed by atoms with Crippen LogP contribution in [0.3, 0.4) is 0 Å². The standard InChI is InChI=1S/C27H23N5O4S/c1-19-7-9-21(10-8-19)24-26(32-37(34,35)16-12-20-5-3-2-4-6-20)30-25(31-27(24)36-15-14-33)22-11-13-29-23(17-22)18-28/h2-13,16-17,33H,14-15H2,1H3,(H,30,31,32). The number of anilines is 1. The van der Waals surface area contributed by atoms with Crippen LogP contribution in [0.15, 0.2) is 78.3 Å². The molecule has 0 spiro atoms. The van der Waals surface area contributed by atoms with Gasteiger partial charge in [0.05, 0.1) is 17.6 Å². The van der Waals surface area contributed by atoms with E-state index in [0.717, 1.165) is 11.0 Å². The monoisotopic (exact) mass is 513 g/mol. The topological polar surface area (TPSA) is 138 Å². The summed E-state index contributed by atoms with van der Waals surface area (Å²) in [6, 6.07) is 21.4. The van der Waals surface area contributed by atoms with Gasteiger partial charge in [0, 0.05) is 11.8 Å². The number of benzene rings is 2. The summed E-state index contributed by atoms with van der Waals surface area (Å²) < 4.78 is 34.5. The quantitative estimate of drug-likeness (QED) is 0.340. The minimum atomic E-state index is -4.01. The van der Waals surface area contributed by atoms with Crippen molar-refractivity contribution in [3.05, 3.63) is 95.2 Å². The first-order valence-corrected chi connectivity index (χ1v) is 12.8. The zero-order valence-electron chi connectivity index (χ0n) is 19.9. The van der Waals surface area contributed by atoms with Crippen LogP contribution in [0.2, 0.25) is 0 Å². The summed E-state index contributed by atoms with van der Waals surface area (Å²) in [4.78, 5) is 13.0. The molecule has 2 N–H and O–H groups in total. The maximum Gasteiger partial charge on any atom is 0.256 e. The second-order valence-corrected chi connectivity index (χ2v) is 9.48. The molecule has 0 bridgehead atoms. The number of aliphatic hydroxyl groups is 1. The third kappa shape index (κ3) is 6.55. The zero-order chi connectivity index (χ0) is 26.3. The molecule has 4 aromatic rings. The van der Waals surface area contributed by atoms with Crippen LogP contribution in [0, 0.1) is 18.3 Å². The van der Waals surface area contributed by atoms with Crippen LogP contribution in [0.4, 0.5) is 5.82 Å². The number of nitrogens with zero attached hydrogens (tertiary/aromatic N) is 4. The molecule has 2 heterocycles. The summed E-state index contributed by atoms with van der Waals surface area (Å²) in [6.07, 6.45) is 2.91. The van der Waals surface area contributed by atoms with E-state index in [2.05, 4.69) is 19.7 Å². The lowest BCUT2D eigenvalue weighted by Gasteiger charge is -2.17. The Morgan fingerprint density at radius 1 is 1.05 bits per heavy atom. The lowest BCUT2D eigenvalue weighted by molar-refractivity contribution is 0.197. The van der Waals surface area contributed by atoms with Crippen LogP contribution in [0.5, 0.6) is 5.88 Å². The third-order valence-corrected chi connectivity index (χ3v) is 6.13. The maximum atomic E-state index is 13.1. The SMILES string of the molecule is Cc1ccc(-c2c(NS(=O)(=O)C=Cc3ccccc3)nc(-c3ccnc(C#N)c3)nc2OCCO)cc1. The Balaban J connectivity index is 1.87. The molecule has 37 heavy (non-hydrogen) atoms. The zero-order valence-corrected chi connectivity index (χ0v) is 20.7. The molecule has 0 atom stereocenters. The minimum absolute atomic E-state index is 0.0187.